The Morgan fingerprint density at radius 3 is 2.47 bits per heavy atom. The summed E-state index contributed by atoms with van der Waals surface area (Å²) in [5.41, 5.74) is 2.27. The Labute approximate surface area is 188 Å². The fourth-order valence-electron chi connectivity index (χ4n) is 3.85. The molecule has 1 saturated heterocycles. The number of ketones is 1. The number of likely N-dealkylation sites (tertiary alicyclic amines) is 1. The van der Waals surface area contributed by atoms with Gasteiger partial charge in [-0.2, -0.15) is 0 Å². The maximum Gasteiger partial charge on any atom is 0.295 e. The van der Waals surface area contributed by atoms with Crippen LogP contribution in [0.3, 0.4) is 0 Å². The summed E-state index contributed by atoms with van der Waals surface area (Å²) in [6.45, 7) is 3.15. The van der Waals surface area contributed by atoms with Crippen molar-refractivity contribution in [2.45, 2.75) is 19.4 Å². The minimum Gasteiger partial charge on any atom is -0.507 e. The molecule has 7 heteroatoms. The fourth-order valence-corrected chi connectivity index (χ4v) is 3.85. The maximum atomic E-state index is 13.1. The number of amides is 1. The molecule has 1 aliphatic heterocycles. The van der Waals surface area contributed by atoms with E-state index >= 15 is 0 Å². The molecule has 0 saturated carbocycles. The zero-order chi connectivity index (χ0) is 23.3. The number of aliphatic hydroxyl groups is 1. The minimum absolute atomic E-state index is 0.0821. The number of carbonyl (C=O) groups is 2. The third-order valence-electron chi connectivity index (χ3n) is 5.43. The Bertz CT molecular complexity index is 998. The van der Waals surface area contributed by atoms with Crippen LogP contribution in [0.1, 0.15) is 30.5 Å². The largest absolute Gasteiger partial charge is 0.507 e. The van der Waals surface area contributed by atoms with Gasteiger partial charge in [0.15, 0.2) is 0 Å². The summed E-state index contributed by atoms with van der Waals surface area (Å²) < 4.78 is 10.6. The van der Waals surface area contributed by atoms with Crippen molar-refractivity contribution in [2.75, 3.05) is 45.9 Å². The highest BCUT2D eigenvalue weighted by atomic mass is 16.5. The van der Waals surface area contributed by atoms with E-state index < -0.39 is 17.7 Å². The van der Waals surface area contributed by atoms with E-state index in [2.05, 4.69) is 0 Å². The van der Waals surface area contributed by atoms with E-state index in [1.54, 1.807) is 31.4 Å². The Morgan fingerprint density at radius 2 is 1.84 bits per heavy atom. The van der Waals surface area contributed by atoms with Gasteiger partial charge in [0.1, 0.15) is 11.5 Å². The molecular formula is C25H30N2O5. The second-order valence-electron chi connectivity index (χ2n) is 7.79. The summed E-state index contributed by atoms with van der Waals surface area (Å²) in [7, 11) is 5.48. The normalized spacial score (nSPS) is 17.6. The highest BCUT2D eigenvalue weighted by molar-refractivity contribution is 6.46. The van der Waals surface area contributed by atoms with Crippen molar-refractivity contribution in [1.82, 2.24) is 4.90 Å². The van der Waals surface area contributed by atoms with Gasteiger partial charge in [-0.1, -0.05) is 24.3 Å². The van der Waals surface area contributed by atoms with Gasteiger partial charge in [-0.05, 0) is 43.2 Å². The number of ether oxygens (including phenoxy) is 2. The lowest BCUT2D eigenvalue weighted by Crippen LogP contribution is -2.31. The first-order valence-corrected chi connectivity index (χ1v) is 10.7. The molecule has 1 amide bonds. The van der Waals surface area contributed by atoms with Crippen molar-refractivity contribution in [1.29, 1.82) is 0 Å². The average Bonchev–Trinajstić information content (AvgIpc) is 3.04. The van der Waals surface area contributed by atoms with Gasteiger partial charge in [-0.3, -0.25) is 9.59 Å². The predicted molar refractivity (Wildman–Crippen MR) is 124 cm³/mol. The number of carbonyl (C=O) groups excluding carboxylic acids is 2. The van der Waals surface area contributed by atoms with Crippen molar-refractivity contribution in [3.63, 3.8) is 0 Å². The number of Topliss-reactive ketones (excluding diaryl/α,β-unsaturated/α-hetero) is 1. The highest BCUT2D eigenvalue weighted by Crippen LogP contribution is 2.40. The molecule has 1 unspecified atom stereocenters. The SMILES string of the molecule is CCOc1cccc(/C(O)=C2/C(=O)C(=O)N(CCCOC)C2c2ccc(N(C)C)cc2)c1. The molecule has 2 aromatic carbocycles. The topological polar surface area (TPSA) is 79.3 Å². The standard InChI is InChI=1S/C25H30N2O5/c1-5-32-20-9-6-8-18(16-20)23(28)21-22(17-10-12-19(13-11-17)26(2)3)27(14-7-15-31-4)25(30)24(21)29/h6,8-13,16,22,28H,5,7,14-15H2,1-4H3/b23-21-. The zero-order valence-corrected chi connectivity index (χ0v) is 19.0. The number of anilines is 1. The molecule has 1 atom stereocenters. The lowest BCUT2D eigenvalue weighted by Gasteiger charge is -2.26. The smallest absolute Gasteiger partial charge is 0.295 e. The van der Waals surface area contributed by atoms with Gasteiger partial charge >= 0.3 is 0 Å². The number of hydrogen-bond acceptors (Lipinski definition) is 6. The van der Waals surface area contributed by atoms with E-state index in [-0.39, 0.29) is 11.3 Å². The van der Waals surface area contributed by atoms with Crippen molar-refractivity contribution in [3.05, 3.63) is 65.2 Å². The number of methoxy groups -OCH3 is 1. The minimum atomic E-state index is -0.691. The second kappa shape index (κ2) is 10.3. The van der Waals surface area contributed by atoms with Crippen LogP contribution in [-0.2, 0) is 14.3 Å². The Morgan fingerprint density at radius 1 is 1.12 bits per heavy atom. The molecule has 0 spiro atoms. The monoisotopic (exact) mass is 438 g/mol. The quantitative estimate of drug-likeness (QED) is 0.279. The van der Waals surface area contributed by atoms with Crippen LogP contribution >= 0.6 is 0 Å². The first-order chi connectivity index (χ1) is 15.4. The van der Waals surface area contributed by atoms with E-state index in [0.29, 0.717) is 37.5 Å². The van der Waals surface area contributed by atoms with E-state index in [4.69, 9.17) is 9.47 Å². The average molecular weight is 439 g/mol. The molecule has 1 heterocycles. The van der Waals surface area contributed by atoms with Gasteiger partial charge in [-0.15, -0.1) is 0 Å². The molecule has 0 aliphatic carbocycles. The highest BCUT2D eigenvalue weighted by Gasteiger charge is 2.45. The molecule has 32 heavy (non-hydrogen) atoms. The number of hydrogen-bond donors (Lipinski definition) is 1. The van der Waals surface area contributed by atoms with Gasteiger partial charge in [0.25, 0.3) is 11.7 Å². The fraction of sp³-hybridized carbons (Fsp3) is 0.360. The number of aliphatic hydroxyl groups excluding tert-OH is 1. The summed E-state index contributed by atoms with van der Waals surface area (Å²) >= 11 is 0. The lowest BCUT2D eigenvalue weighted by molar-refractivity contribution is -0.140. The van der Waals surface area contributed by atoms with Gasteiger partial charge in [0, 0.05) is 45.6 Å². The van der Waals surface area contributed by atoms with Crippen molar-refractivity contribution >= 4 is 23.1 Å². The molecular weight excluding hydrogens is 408 g/mol. The number of nitrogens with zero attached hydrogens (tertiary/aromatic N) is 2. The molecule has 0 radical (unpaired) electrons. The summed E-state index contributed by atoms with van der Waals surface area (Å²) in [6.07, 6.45) is 0.579. The van der Waals surface area contributed by atoms with Gasteiger partial charge < -0.3 is 24.4 Å². The maximum absolute atomic E-state index is 13.1. The van der Waals surface area contributed by atoms with Crippen LogP contribution in [-0.4, -0.2) is 62.7 Å². The molecule has 1 aliphatic rings. The molecule has 3 rings (SSSR count). The summed E-state index contributed by atoms with van der Waals surface area (Å²) in [5, 5.41) is 11.2. The molecule has 2 aromatic rings. The molecule has 7 nitrogen and oxygen atoms in total. The second-order valence-corrected chi connectivity index (χ2v) is 7.79. The van der Waals surface area contributed by atoms with Crippen molar-refractivity contribution in [3.8, 4) is 5.75 Å². The summed E-state index contributed by atoms with van der Waals surface area (Å²) in [6, 6.07) is 13.8. The third kappa shape index (κ3) is 4.78. The van der Waals surface area contributed by atoms with Crippen LogP contribution in [0.5, 0.6) is 5.75 Å². The molecule has 170 valence electrons. The third-order valence-corrected chi connectivity index (χ3v) is 5.43. The zero-order valence-electron chi connectivity index (χ0n) is 19.0. The van der Waals surface area contributed by atoms with Gasteiger partial charge in [-0.25, -0.2) is 0 Å². The van der Waals surface area contributed by atoms with E-state index in [0.717, 1.165) is 11.3 Å². The van der Waals surface area contributed by atoms with Crippen LogP contribution in [0.25, 0.3) is 5.76 Å². The van der Waals surface area contributed by atoms with E-state index in [1.165, 1.54) is 4.90 Å². The van der Waals surface area contributed by atoms with Crippen LogP contribution in [0.2, 0.25) is 0 Å². The van der Waals surface area contributed by atoms with E-state index in [9.17, 15) is 14.7 Å². The summed E-state index contributed by atoms with van der Waals surface area (Å²) in [5.74, 6) is -0.938. The summed E-state index contributed by atoms with van der Waals surface area (Å²) in [4.78, 5) is 29.5. The van der Waals surface area contributed by atoms with Crippen LogP contribution in [0.15, 0.2) is 54.1 Å². The predicted octanol–water partition coefficient (Wildman–Crippen LogP) is 3.61. The van der Waals surface area contributed by atoms with Gasteiger partial charge in [0.05, 0.1) is 18.2 Å². The molecule has 1 fully saturated rings. The first kappa shape index (κ1) is 23.3. The molecule has 0 aromatic heterocycles. The lowest BCUT2D eigenvalue weighted by atomic mass is 9.95. The first-order valence-electron chi connectivity index (χ1n) is 10.7. The molecule has 0 bridgehead atoms. The molecule has 1 N–H and O–H groups in total. The van der Waals surface area contributed by atoms with Crippen LogP contribution < -0.4 is 9.64 Å². The number of benzene rings is 2. The Kier molecular flexibility index (Phi) is 7.53. The van der Waals surface area contributed by atoms with Crippen molar-refractivity contribution in [2.24, 2.45) is 0 Å². The Balaban J connectivity index is 2.10. The van der Waals surface area contributed by atoms with Crippen LogP contribution in [0, 0.1) is 0 Å². The van der Waals surface area contributed by atoms with E-state index in [1.807, 2.05) is 50.2 Å². The Hall–Kier alpha value is -3.32. The van der Waals surface area contributed by atoms with Crippen LogP contribution in [0.4, 0.5) is 5.69 Å². The van der Waals surface area contributed by atoms with Crippen molar-refractivity contribution < 1.29 is 24.2 Å². The van der Waals surface area contributed by atoms with Gasteiger partial charge in [0.2, 0.25) is 0 Å². The number of rotatable bonds is 9.